The van der Waals surface area contributed by atoms with Gasteiger partial charge in [0.05, 0.1) is 23.8 Å². The van der Waals surface area contributed by atoms with E-state index in [0.29, 0.717) is 24.3 Å². The Kier molecular flexibility index (Phi) is 11.1. The molecule has 3 N–H and O–H groups in total. The topological polar surface area (TPSA) is 111 Å². The summed E-state index contributed by atoms with van der Waals surface area (Å²) in [5.74, 6) is -0.363. The highest BCUT2D eigenvalue weighted by atomic mass is 32.1. The number of nitrogens with one attached hydrogen (secondary N) is 2. The molecule has 13 heteroatoms. The van der Waals surface area contributed by atoms with Crippen molar-refractivity contribution in [1.82, 2.24) is 25.5 Å². The minimum absolute atomic E-state index is 0.00360. The fraction of sp³-hybridized carbons (Fsp3) is 0.371. The molecule has 48 heavy (non-hydrogen) atoms. The predicted molar refractivity (Wildman–Crippen MR) is 179 cm³/mol. The van der Waals surface area contributed by atoms with Crippen molar-refractivity contribution in [2.75, 3.05) is 32.1 Å². The molecule has 1 fully saturated rings. The van der Waals surface area contributed by atoms with E-state index in [0.717, 1.165) is 41.2 Å². The van der Waals surface area contributed by atoms with Crippen LogP contribution in [0.15, 0.2) is 72.1 Å². The number of carbonyl (C=O) groups is 2. The van der Waals surface area contributed by atoms with Gasteiger partial charge >= 0.3 is 6.18 Å². The summed E-state index contributed by atoms with van der Waals surface area (Å²) in [6.07, 6.45) is -3.64. The van der Waals surface area contributed by atoms with E-state index in [2.05, 4.69) is 20.6 Å². The molecule has 1 aliphatic rings. The van der Waals surface area contributed by atoms with Crippen LogP contribution in [0.25, 0.3) is 0 Å². The summed E-state index contributed by atoms with van der Waals surface area (Å²) in [6, 6.07) is 16.5. The van der Waals surface area contributed by atoms with Crippen molar-refractivity contribution in [3.8, 4) is 0 Å². The zero-order valence-corrected chi connectivity index (χ0v) is 27.8. The number of likely N-dealkylation sites (tertiary alicyclic amines) is 1. The molecule has 0 saturated carbocycles. The highest BCUT2D eigenvalue weighted by molar-refractivity contribution is 7.09. The number of nitrogens with zero attached hydrogens (tertiary/aromatic N) is 4. The minimum atomic E-state index is -4.46. The predicted octanol–water partition coefficient (Wildman–Crippen LogP) is 5.40. The molecule has 5 rings (SSSR count). The smallest absolute Gasteiger partial charge is 0.390 e. The van der Waals surface area contributed by atoms with Crippen molar-refractivity contribution in [1.29, 1.82) is 0 Å². The summed E-state index contributed by atoms with van der Waals surface area (Å²) in [5.41, 5.74) is 1.78. The minimum Gasteiger partial charge on any atom is -0.390 e. The number of hydrogen-bond acceptors (Lipinski definition) is 8. The Morgan fingerprint density at radius 1 is 1.06 bits per heavy atom. The number of aliphatic hydroxyl groups is 1. The highest BCUT2D eigenvalue weighted by Gasteiger charge is 2.34. The number of aromatic nitrogens is 2. The summed E-state index contributed by atoms with van der Waals surface area (Å²) < 4.78 is 39.5. The van der Waals surface area contributed by atoms with Gasteiger partial charge in [-0.05, 0) is 55.5 Å². The number of rotatable bonds is 12. The Balaban J connectivity index is 1.34. The van der Waals surface area contributed by atoms with Crippen LogP contribution in [0.5, 0.6) is 0 Å². The van der Waals surface area contributed by atoms with Gasteiger partial charge in [0.2, 0.25) is 0 Å². The van der Waals surface area contributed by atoms with E-state index < -0.39 is 29.8 Å². The maximum Gasteiger partial charge on any atom is 0.416 e. The average molecular weight is 681 g/mol. The number of thiazole rings is 1. The second kappa shape index (κ2) is 15.3. The van der Waals surface area contributed by atoms with Crippen LogP contribution >= 0.6 is 11.3 Å². The van der Waals surface area contributed by atoms with Crippen LogP contribution in [0.4, 0.5) is 19.0 Å². The van der Waals surface area contributed by atoms with Crippen LogP contribution in [0.2, 0.25) is 0 Å². The van der Waals surface area contributed by atoms with Crippen LogP contribution in [0.3, 0.4) is 0 Å². The molecule has 2 amide bonds. The van der Waals surface area contributed by atoms with Crippen molar-refractivity contribution in [2.45, 2.75) is 57.1 Å². The lowest BCUT2D eigenvalue weighted by atomic mass is 10.00. The Hall–Kier alpha value is -4.33. The second-order valence-electron chi connectivity index (χ2n) is 12.1. The van der Waals surface area contributed by atoms with Crippen molar-refractivity contribution in [3.63, 3.8) is 0 Å². The van der Waals surface area contributed by atoms with E-state index in [-0.39, 0.29) is 36.3 Å². The third-order valence-electron chi connectivity index (χ3n) is 8.20. The normalized spacial score (nSPS) is 16.1. The van der Waals surface area contributed by atoms with E-state index in [1.807, 2.05) is 42.6 Å². The molecule has 3 heterocycles. The summed E-state index contributed by atoms with van der Waals surface area (Å²) in [4.78, 5) is 40.3. The Morgan fingerprint density at radius 3 is 2.50 bits per heavy atom. The van der Waals surface area contributed by atoms with Crippen LogP contribution in [0.1, 0.15) is 67.1 Å². The first-order chi connectivity index (χ1) is 22.9. The lowest BCUT2D eigenvalue weighted by Gasteiger charge is -2.26. The molecule has 2 aromatic carbocycles. The molecule has 0 spiro atoms. The quantitative estimate of drug-likeness (QED) is 0.184. The first kappa shape index (κ1) is 35.0. The van der Waals surface area contributed by atoms with E-state index in [4.69, 9.17) is 0 Å². The van der Waals surface area contributed by atoms with Gasteiger partial charge < -0.3 is 25.5 Å². The number of pyridine rings is 1. The van der Waals surface area contributed by atoms with Gasteiger partial charge in [0.15, 0.2) is 0 Å². The monoisotopic (exact) mass is 680 g/mol. The maximum atomic E-state index is 13.8. The van der Waals surface area contributed by atoms with Crippen molar-refractivity contribution < 1.29 is 27.9 Å². The molecule has 3 atom stereocenters. The molecule has 1 aliphatic heterocycles. The molecule has 0 unspecified atom stereocenters. The number of aliphatic hydroxyl groups excluding tert-OH is 1. The van der Waals surface area contributed by atoms with E-state index in [9.17, 15) is 27.9 Å². The molecule has 0 radical (unpaired) electrons. The Morgan fingerprint density at radius 2 is 1.81 bits per heavy atom. The van der Waals surface area contributed by atoms with Crippen molar-refractivity contribution in [2.24, 2.45) is 0 Å². The first-order valence-electron chi connectivity index (χ1n) is 15.7. The number of amides is 2. The van der Waals surface area contributed by atoms with Gasteiger partial charge in [-0.25, -0.2) is 9.97 Å². The summed E-state index contributed by atoms with van der Waals surface area (Å²) in [5, 5.41) is 20.0. The molecule has 0 aliphatic carbocycles. The summed E-state index contributed by atoms with van der Waals surface area (Å²) in [7, 11) is 3.54. The van der Waals surface area contributed by atoms with Gasteiger partial charge in [0, 0.05) is 50.4 Å². The van der Waals surface area contributed by atoms with Crippen LogP contribution in [-0.4, -0.2) is 71.1 Å². The molecule has 1 saturated heterocycles. The largest absolute Gasteiger partial charge is 0.416 e. The van der Waals surface area contributed by atoms with Gasteiger partial charge in [0.25, 0.3) is 11.8 Å². The fourth-order valence-electron chi connectivity index (χ4n) is 5.69. The van der Waals surface area contributed by atoms with Crippen molar-refractivity contribution in [3.05, 3.63) is 111 Å². The van der Waals surface area contributed by atoms with Gasteiger partial charge in [-0.15, -0.1) is 11.3 Å². The zero-order chi connectivity index (χ0) is 34.4. The molecular formula is C35H39F3N6O3S. The fourth-order valence-corrected chi connectivity index (χ4v) is 6.63. The third kappa shape index (κ3) is 8.77. The van der Waals surface area contributed by atoms with Crippen LogP contribution < -0.4 is 15.5 Å². The van der Waals surface area contributed by atoms with E-state index in [1.54, 1.807) is 36.0 Å². The van der Waals surface area contributed by atoms with Gasteiger partial charge in [-0.1, -0.05) is 48.5 Å². The summed E-state index contributed by atoms with van der Waals surface area (Å²) >= 11 is 1.52. The Bertz CT molecular complexity index is 1720. The van der Waals surface area contributed by atoms with Crippen molar-refractivity contribution >= 4 is 29.0 Å². The van der Waals surface area contributed by atoms with E-state index >= 15 is 0 Å². The first-order valence-corrected chi connectivity index (χ1v) is 16.6. The number of hydrogen-bond donors (Lipinski definition) is 3. The summed E-state index contributed by atoms with van der Waals surface area (Å²) in [6.45, 7) is 2.57. The molecule has 4 aromatic rings. The van der Waals surface area contributed by atoms with Gasteiger partial charge in [0.1, 0.15) is 16.5 Å². The second-order valence-corrected chi connectivity index (χ2v) is 13.0. The number of carbonyl (C=O) groups excluding carboxylic acids is 2. The van der Waals surface area contributed by atoms with Gasteiger partial charge in [-0.3, -0.25) is 9.59 Å². The number of halogens is 3. The average Bonchev–Trinajstić information content (AvgIpc) is 3.73. The lowest BCUT2D eigenvalue weighted by molar-refractivity contribution is -0.137. The van der Waals surface area contributed by atoms with Crippen LogP contribution in [-0.2, 0) is 19.1 Å². The molecule has 254 valence electrons. The molecular weight excluding hydrogens is 641 g/mol. The Labute approximate surface area is 281 Å². The number of benzene rings is 2. The molecule has 0 bridgehead atoms. The standard InChI is InChI=1S/C35H39F3N6O3S/c1-22-21-48-33(40-22)29-13-8-14-44(29)34(47)28-17-25(18-31(41-28)43(2)3)32(46)42-27(16-23-9-5-4-6-10-23)30(45)20-39-19-24-11-7-12-26(15-24)35(36,37)38/h4-7,9-12,15,17-18,21,27,29-30,39,45H,8,13-14,16,19-20H2,1-3H3,(H,42,46)/t27-,29+,30+/m0/s1. The molecule has 2 aromatic heterocycles. The maximum absolute atomic E-state index is 13.8. The zero-order valence-electron chi connectivity index (χ0n) is 27.0. The van der Waals surface area contributed by atoms with Crippen LogP contribution in [0, 0.1) is 6.92 Å². The number of alkyl halides is 3. The third-order valence-corrected chi connectivity index (χ3v) is 9.27. The molecule has 9 nitrogen and oxygen atoms in total. The number of anilines is 1. The highest BCUT2D eigenvalue weighted by Crippen LogP contribution is 2.35. The van der Waals surface area contributed by atoms with E-state index in [1.165, 1.54) is 23.5 Å². The van der Waals surface area contributed by atoms with Gasteiger partial charge in [-0.2, -0.15) is 13.2 Å². The SMILES string of the molecule is Cc1csc([C@H]2CCCN2C(=O)c2cc(C(=O)N[C@@H](Cc3ccccc3)[C@H](O)CNCc3cccc(C(F)(F)F)c3)cc(N(C)C)n2)n1. The lowest BCUT2D eigenvalue weighted by Crippen LogP contribution is -2.48. The number of aryl methyl sites for hydroxylation is 1.